The van der Waals surface area contributed by atoms with Crippen LogP contribution in [-0.2, 0) is 25.1 Å². The van der Waals surface area contributed by atoms with E-state index in [1.54, 1.807) is 6.92 Å². The fourth-order valence-electron chi connectivity index (χ4n) is 1.48. The zero-order chi connectivity index (χ0) is 14.5. The third-order valence-corrected chi connectivity index (χ3v) is 3.65. The molecule has 0 unspecified atom stereocenters. The number of carboxylic acids is 1. The normalized spacial score (nSPS) is 11.0. The second-order valence-corrected chi connectivity index (χ2v) is 5.91. The molecule has 0 saturated carbocycles. The Balaban J connectivity index is 2.81. The van der Waals surface area contributed by atoms with Crippen LogP contribution in [0, 0.1) is 0 Å². The molecule has 104 valence electrons. The number of benzene rings is 1. The first kappa shape index (κ1) is 15.2. The van der Waals surface area contributed by atoms with Gasteiger partial charge in [-0.2, -0.15) is 0 Å². The molecule has 0 aliphatic rings. The van der Waals surface area contributed by atoms with Gasteiger partial charge in [-0.3, -0.25) is 4.79 Å². The van der Waals surface area contributed by atoms with Crippen LogP contribution in [0.2, 0.25) is 0 Å². The Kier molecular flexibility index (Phi) is 5.05. The number of ether oxygens (including phenoxy) is 1. The van der Waals surface area contributed by atoms with E-state index in [4.69, 9.17) is 5.11 Å². The van der Waals surface area contributed by atoms with Crippen molar-refractivity contribution < 1.29 is 27.9 Å². The van der Waals surface area contributed by atoms with Crippen LogP contribution in [-0.4, -0.2) is 37.8 Å². The number of carboxylic acid groups (broad SMARTS) is 1. The minimum Gasteiger partial charge on any atom is -0.478 e. The van der Waals surface area contributed by atoms with Gasteiger partial charge in [-0.1, -0.05) is 12.1 Å². The SMILES string of the molecule is CCOC(=O)CS(=O)(=O)Cc1cccc(C(=O)O)c1. The predicted octanol–water partition coefficient (Wildman–Crippen LogP) is 0.863. The highest BCUT2D eigenvalue weighted by atomic mass is 32.2. The predicted molar refractivity (Wildman–Crippen MR) is 67.5 cm³/mol. The van der Waals surface area contributed by atoms with Crippen LogP contribution in [0.5, 0.6) is 0 Å². The molecule has 1 rings (SSSR count). The average molecular weight is 286 g/mol. The van der Waals surface area contributed by atoms with Gasteiger partial charge in [0.1, 0.15) is 5.75 Å². The number of aromatic carboxylic acids is 1. The lowest BCUT2D eigenvalue weighted by Crippen LogP contribution is -2.20. The van der Waals surface area contributed by atoms with Gasteiger partial charge >= 0.3 is 11.9 Å². The third-order valence-electron chi connectivity index (χ3n) is 2.20. The van der Waals surface area contributed by atoms with E-state index in [1.807, 2.05) is 0 Å². The number of sulfone groups is 1. The van der Waals surface area contributed by atoms with Crippen molar-refractivity contribution in [2.24, 2.45) is 0 Å². The second kappa shape index (κ2) is 6.33. The molecule has 0 atom stereocenters. The van der Waals surface area contributed by atoms with Crippen LogP contribution in [0.25, 0.3) is 0 Å². The Morgan fingerprint density at radius 1 is 1.32 bits per heavy atom. The van der Waals surface area contributed by atoms with E-state index in [2.05, 4.69) is 4.74 Å². The molecule has 0 aromatic heterocycles. The molecule has 1 aromatic rings. The van der Waals surface area contributed by atoms with Crippen molar-refractivity contribution >= 4 is 21.8 Å². The molecule has 7 heteroatoms. The van der Waals surface area contributed by atoms with Gasteiger partial charge in [0.15, 0.2) is 9.84 Å². The molecule has 0 bridgehead atoms. The van der Waals surface area contributed by atoms with E-state index in [1.165, 1.54) is 24.3 Å². The highest BCUT2D eigenvalue weighted by Gasteiger charge is 2.18. The fraction of sp³-hybridized carbons (Fsp3) is 0.333. The number of carbonyl (C=O) groups is 2. The maximum atomic E-state index is 11.7. The lowest BCUT2D eigenvalue weighted by Gasteiger charge is -2.05. The minimum atomic E-state index is -3.67. The first-order valence-corrected chi connectivity index (χ1v) is 7.34. The summed E-state index contributed by atoms with van der Waals surface area (Å²) in [4.78, 5) is 21.9. The van der Waals surface area contributed by atoms with Crippen molar-refractivity contribution in [2.45, 2.75) is 12.7 Å². The van der Waals surface area contributed by atoms with Crippen molar-refractivity contribution in [1.82, 2.24) is 0 Å². The summed E-state index contributed by atoms with van der Waals surface area (Å²) in [5.74, 6) is -3.05. The molecule has 0 radical (unpaired) electrons. The van der Waals surface area contributed by atoms with Crippen LogP contribution in [0.4, 0.5) is 0 Å². The van der Waals surface area contributed by atoms with E-state index in [0.29, 0.717) is 5.56 Å². The third kappa shape index (κ3) is 5.09. The molecule has 0 amide bonds. The lowest BCUT2D eigenvalue weighted by atomic mass is 10.1. The molecule has 0 saturated heterocycles. The number of rotatable bonds is 6. The van der Waals surface area contributed by atoms with Gasteiger partial charge in [0.2, 0.25) is 0 Å². The molecular formula is C12H14O6S. The van der Waals surface area contributed by atoms with Gasteiger partial charge in [-0.15, -0.1) is 0 Å². The first-order valence-electron chi connectivity index (χ1n) is 5.52. The van der Waals surface area contributed by atoms with Crippen LogP contribution in [0.1, 0.15) is 22.8 Å². The highest BCUT2D eigenvalue weighted by Crippen LogP contribution is 2.10. The molecule has 19 heavy (non-hydrogen) atoms. The van der Waals surface area contributed by atoms with Crippen molar-refractivity contribution in [1.29, 1.82) is 0 Å². The van der Waals surface area contributed by atoms with Gasteiger partial charge in [0.25, 0.3) is 0 Å². The smallest absolute Gasteiger partial charge is 0.335 e. The standard InChI is InChI=1S/C12H14O6S/c1-2-18-11(13)8-19(16,17)7-9-4-3-5-10(6-9)12(14)15/h3-6H,2,7-8H2,1H3,(H,14,15). The first-order chi connectivity index (χ1) is 8.84. The highest BCUT2D eigenvalue weighted by molar-refractivity contribution is 7.91. The van der Waals surface area contributed by atoms with E-state index in [0.717, 1.165) is 0 Å². The van der Waals surface area contributed by atoms with Crippen molar-refractivity contribution in [2.75, 3.05) is 12.4 Å². The van der Waals surface area contributed by atoms with Crippen molar-refractivity contribution in [3.05, 3.63) is 35.4 Å². The van der Waals surface area contributed by atoms with Crippen LogP contribution < -0.4 is 0 Å². The molecule has 0 spiro atoms. The van der Waals surface area contributed by atoms with Gasteiger partial charge in [-0.25, -0.2) is 13.2 Å². The van der Waals surface area contributed by atoms with Crippen LogP contribution in [0.3, 0.4) is 0 Å². The van der Waals surface area contributed by atoms with E-state index < -0.39 is 33.3 Å². The number of hydrogen-bond acceptors (Lipinski definition) is 5. The Hall–Kier alpha value is -1.89. The van der Waals surface area contributed by atoms with Gasteiger partial charge in [0, 0.05) is 0 Å². The van der Waals surface area contributed by atoms with Crippen LogP contribution in [0.15, 0.2) is 24.3 Å². The second-order valence-electron chi connectivity index (χ2n) is 3.84. The summed E-state index contributed by atoms with van der Waals surface area (Å²) in [5.41, 5.74) is 0.327. The van der Waals surface area contributed by atoms with Crippen molar-refractivity contribution in [3.63, 3.8) is 0 Å². The molecule has 0 aliphatic heterocycles. The maximum absolute atomic E-state index is 11.7. The zero-order valence-electron chi connectivity index (χ0n) is 10.3. The molecule has 1 aromatic carbocycles. The fourth-order valence-corrected chi connectivity index (χ4v) is 2.71. The Labute approximate surface area is 110 Å². The molecule has 0 fully saturated rings. The summed E-state index contributed by atoms with van der Waals surface area (Å²) in [6.45, 7) is 1.70. The molecule has 6 nitrogen and oxygen atoms in total. The zero-order valence-corrected chi connectivity index (χ0v) is 11.1. The lowest BCUT2D eigenvalue weighted by molar-refractivity contribution is -0.139. The number of esters is 1. The summed E-state index contributed by atoms with van der Waals surface area (Å²) in [6.07, 6.45) is 0. The largest absolute Gasteiger partial charge is 0.478 e. The monoisotopic (exact) mass is 286 g/mol. The van der Waals surface area contributed by atoms with E-state index in [9.17, 15) is 18.0 Å². The topological polar surface area (TPSA) is 97.7 Å². The van der Waals surface area contributed by atoms with Crippen LogP contribution >= 0.6 is 0 Å². The average Bonchev–Trinajstić information content (AvgIpc) is 2.27. The van der Waals surface area contributed by atoms with Gasteiger partial charge < -0.3 is 9.84 Å². The quantitative estimate of drug-likeness (QED) is 0.779. The summed E-state index contributed by atoms with van der Waals surface area (Å²) < 4.78 is 28.0. The van der Waals surface area contributed by atoms with Gasteiger partial charge in [0.05, 0.1) is 17.9 Å². The summed E-state index contributed by atoms with van der Waals surface area (Å²) >= 11 is 0. The Morgan fingerprint density at radius 2 is 2.00 bits per heavy atom. The number of hydrogen-bond donors (Lipinski definition) is 1. The Morgan fingerprint density at radius 3 is 2.58 bits per heavy atom. The molecule has 0 aliphatic carbocycles. The summed E-state index contributed by atoms with van der Waals surface area (Å²) in [7, 11) is -3.67. The molecule has 1 N–H and O–H groups in total. The Bertz CT molecular complexity index is 576. The molecular weight excluding hydrogens is 272 g/mol. The number of carbonyl (C=O) groups excluding carboxylic acids is 1. The minimum absolute atomic E-state index is 0.00355. The van der Waals surface area contributed by atoms with E-state index in [-0.39, 0.29) is 12.2 Å². The van der Waals surface area contributed by atoms with Gasteiger partial charge in [-0.05, 0) is 24.6 Å². The molecule has 0 heterocycles. The van der Waals surface area contributed by atoms with Crippen molar-refractivity contribution in [3.8, 4) is 0 Å². The summed E-state index contributed by atoms with van der Waals surface area (Å²) in [5, 5.41) is 8.80. The van der Waals surface area contributed by atoms with E-state index >= 15 is 0 Å². The summed E-state index contributed by atoms with van der Waals surface area (Å²) in [6, 6.07) is 5.59. The maximum Gasteiger partial charge on any atom is 0.335 e.